The van der Waals surface area contributed by atoms with Gasteiger partial charge in [-0.15, -0.1) is 0 Å². The smallest absolute Gasteiger partial charge is 0.167 e. The summed E-state index contributed by atoms with van der Waals surface area (Å²) in [5.74, 6) is 0.601. The zero-order chi connectivity index (χ0) is 11.1. The van der Waals surface area contributed by atoms with E-state index in [1.165, 1.54) is 19.3 Å². The Morgan fingerprint density at radius 1 is 1.44 bits per heavy atom. The van der Waals surface area contributed by atoms with Crippen LogP contribution in [0.4, 0.5) is 0 Å². The Kier molecular flexibility index (Phi) is 2.21. The van der Waals surface area contributed by atoms with Crippen molar-refractivity contribution in [1.29, 1.82) is 0 Å². The molecule has 2 N–H and O–H groups in total. The topological polar surface area (TPSA) is 52.0 Å². The monoisotopic (exact) mass is 216 g/mol. The highest BCUT2D eigenvalue weighted by atomic mass is 16.5. The lowest BCUT2D eigenvalue weighted by atomic mass is 9.82. The van der Waals surface area contributed by atoms with E-state index in [2.05, 4.69) is 11.2 Å². The van der Waals surface area contributed by atoms with Crippen LogP contribution in [0.5, 0.6) is 0 Å². The van der Waals surface area contributed by atoms with Crippen molar-refractivity contribution in [2.75, 3.05) is 0 Å². The maximum atomic E-state index is 5.90. The largest absolute Gasteiger partial charge is 0.356 e. The van der Waals surface area contributed by atoms with Crippen molar-refractivity contribution in [3.8, 4) is 0 Å². The Hall–Kier alpha value is -1.35. The molecule has 1 saturated carbocycles. The fourth-order valence-corrected chi connectivity index (χ4v) is 2.23. The number of hydrogen-bond acceptors (Lipinski definition) is 3. The molecule has 1 unspecified atom stereocenters. The molecule has 0 amide bonds. The lowest BCUT2D eigenvalue weighted by molar-refractivity contribution is 0.375. The minimum absolute atomic E-state index is 0.0635. The Balaban J connectivity index is 2.11. The zero-order valence-electron chi connectivity index (χ0n) is 9.44. The van der Waals surface area contributed by atoms with E-state index in [1.54, 1.807) is 0 Å². The summed E-state index contributed by atoms with van der Waals surface area (Å²) in [5.41, 5.74) is 9.05. The van der Waals surface area contributed by atoms with Gasteiger partial charge in [-0.2, -0.15) is 0 Å². The summed E-state index contributed by atoms with van der Waals surface area (Å²) in [6.07, 6.45) is 3.79. The van der Waals surface area contributed by atoms with Gasteiger partial charge in [0.25, 0.3) is 0 Å². The van der Waals surface area contributed by atoms with Gasteiger partial charge in [-0.05, 0) is 37.5 Å². The summed E-state index contributed by atoms with van der Waals surface area (Å²) in [5, 5.41) is 5.35. The Morgan fingerprint density at radius 2 is 2.25 bits per heavy atom. The normalized spacial score (nSPS) is 18.6. The molecule has 84 valence electrons. The molecular weight excluding hydrogens is 200 g/mol. The fraction of sp³-hybridized carbons (Fsp3) is 0.462. The molecule has 0 bridgehead atoms. The molecule has 0 saturated heterocycles. The Bertz CT molecular complexity index is 512. The molecular formula is C13H16N2O. The fourth-order valence-electron chi connectivity index (χ4n) is 2.23. The van der Waals surface area contributed by atoms with Crippen LogP contribution in [0.3, 0.4) is 0 Å². The maximum absolute atomic E-state index is 5.90. The zero-order valence-corrected chi connectivity index (χ0v) is 9.44. The van der Waals surface area contributed by atoms with E-state index >= 15 is 0 Å². The number of fused-ring (bicyclic) bond motifs is 1. The number of aromatic nitrogens is 1. The summed E-state index contributed by atoms with van der Waals surface area (Å²) in [7, 11) is 0. The van der Waals surface area contributed by atoms with Crippen molar-refractivity contribution in [1.82, 2.24) is 5.16 Å². The van der Waals surface area contributed by atoms with Crippen LogP contribution in [0.2, 0.25) is 0 Å². The van der Waals surface area contributed by atoms with Crippen LogP contribution >= 0.6 is 0 Å². The van der Waals surface area contributed by atoms with Gasteiger partial charge < -0.3 is 10.3 Å². The van der Waals surface area contributed by atoms with E-state index in [9.17, 15) is 0 Å². The molecule has 3 rings (SSSR count). The first kappa shape index (κ1) is 9.85. The van der Waals surface area contributed by atoms with E-state index in [0.29, 0.717) is 5.92 Å². The molecule has 1 fully saturated rings. The van der Waals surface area contributed by atoms with E-state index in [4.69, 9.17) is 10.3 Å². The summed E-state index contributed by atoms with van der Waals surface area (Å²) < 4.78 is 5.35. The van der Waals surface area contributed by atoms with Crippen LogP contribution in [-0.2, 0) is 0 Å². The van der Waals surface area contributed by atoms with Gasteiger partial charge in [-0.1, -0.05) is 17.6 Å². The highest BCUT2D eigenvalue weighted by Gasteiger charge is 2.25. The minimum Gasteiger partial charge on any atom is -0.356 e. The number of benzene rings is 1. The first-order chi connectivity index (χ1) is 7.75. The van der Waals surface area contributed by atoms with Crippen molar-refractivity contribution in [2.24, 2.45) is 5.73 Å². The third-order valence-corrected chi connectivity index (χ3v) is 3.54. The Morgan fingerprint density at radius 3 is 2.88 bits per heavy atom. The minimum atomic E-state index is 0.0635. The van der Waals surface area contributed by atoms with Crippen molar-refractivity contribution < 1.29 is 4.52 Å². The van der Waals surface area contributed by atoms with Gasteiger partial charge >= 0.3 is 0 Å². The van der Waals surface area contributed by atoms with Crippen molar-refractivity contribution >= 4 is 11.0 Å². The van der Waals surface area contributed by atoms with Crippen molar-refractivity contribution in [3.63, 3.8) is 0 Å². The summed E-state index contributed by atoms with van der Waals surface area (Å²) in [6, 6.07) is 6.18. The second-order valence-electron chi connectivity index (χ2n) is 4.74. The molecule has 16 heavy (non-hydrogen) atoms. The molecule has 1 aliphatic rings. The SMILES string of the molecule is CC(N)c1ccc2onc(C3CCC3)c2c1. The van der Waals surface area contributed by atoms with Gasteiger partial charge in [-0.25, -0.2) is 0 Å². The number of nitrogens with two attached hydrogens (primary N) is 1. The van der Waals surface area contributed by atoms with Gasteiger partial charge in [0.1, 0.15) is 0 Å². The summed E-state index contributed by atoms with van der Waals surface area (Å²) >= 11 is 0. The van der Waals surface area contributed by atoms with E-state index in [1.807, 2.05) is 19.1 Å². The summed E-state index contributed by atoms with van der Waals surface area (Å²) in [6.45, 7) is 2.00. The van der Waals surface area contributed by atoms with Crippen LogP contribution in [0.15, 0.2) is 22.7 Å². The molecule has 1 aromatic heterocycles. The molecule has 3 heteroatoms. The highest BCUT2D eigenvalue weighted by molar-refractivity contribution is 5.81. The molecule has 0 aliphatic heterocycles. The van der Waals surface area contributed by atoms with Crippen LogP contribution in [0, 0.1) is 0 Å². The molecule has 1 aromatic carbocycles. The van der Waals surface area contributed by atoms with Crippen LogP contribution < -0.4 is 5.73 Å². The molecule has 0 spiro atoms. The van der Waals surface area contributed by atoms with Crippen LogP contribution in [-0.4, -0.2) is 5.16 Å². The van der Waals surface area contributed by atoms with Crippen molar-refractivity contribution in [3.05, 3.63) is 29.5 Å². The third-order valence-electron chi connectivity index (χ3n) is 3.54. The number of nitrogens with zero attached hydrogens (tertiary/aromatic N) is 1. The quantitative estimate of drug-likeness (QED) is 0.839. The first-order valence-electron chi connectivity index (χ1n) is 5.90. The average molecular weight is 216 g/mol. The average Bonchev–Trinajstić information content (AvgIpc) is 2.59. The van der Waals surface area contributed by atoms with Gasteiger partial charge in [-0.3, -0.25) is 0 Å². The molecule has 3 nitrogen and oxygen atoms in total. The van der Waals surface area contributed by atoms with E-state index < -0.39 is 0 Å². The van der Waals surface area contributed by atoms with Crippen molar-refractivity contribution in [2.45, 2.75) is 38.1 Å². The predicted octanol–water partition coefficient (Wildman–Crippen LogP) is 3.12. The standard InChI is InChI=1S/C13H16N2O/c1-8(14)10-5-6-12-11(7-10)13(15-16-12)9-3-2-4-9/h5-9H,2-4,14H2,1H3. The van der Waals surface area contributed by atoms with Gasteiger partial charge in [0.05, 0.1) is 5.69 Å². The predicted molar refractivity (Wildman–Crippen MR) is 63.2 cm³/mol. The molecule has 0 radical (unpaired) electrons. The highest BCUT2D eigenvalue weighted by Crippen LogP contribution is 2.39. The van der Waals surface area contributed by atoms with Gasteiger partial charge in [0.15, 0.2) is 5.58 Å². The van der Waals surface area contributed by atoms with E-state index in [0.717, 1.165) is 22.2 Å². The second-order valence-corrected chi connectivity index (χ2v) is 4.74. The van der Waals surface area contributed by atoms with Gasteiger partial charge in [0, 0.05) is 17.3 Å². The van der Waals surface area contributed by atoms with Gasteiger partial charge in [0.2, 0.25) is 0 Å². The second kappa shape index (κ2) is 3.59. The third kappa shape index (κ3) is 1.43. The van der Waals surface area contributed by atoms with E-state index in [-0.39, 0.29) is 6.04 Å². The number of hydrogen-bond donors (Lipinski definition) is 1. The van der Waals surface area contributed by atoms with Crippen LogP contribution in [0.1, 0.15) is 49.4 Å². The lowest BCUT2D eigenvalue weighted by Gasteiger charge is -2.23. The first-order valence-corrected chi connectivity index (χ1v) is 5.90. The molecule has 1 aliphatic carbocycles. The lowest BCUT2D eigenvalue weighted by Crippen LogP contribution is -2.09. The molecule has 2 aromatic rings. The molecule has 1 atom stereocenters. The molecule has 1 heterocycles. The van der Waals surface area contributed by atoms with Crippen LogP contribution in [0.25, 0.3) is 11.0 Å². The summed E-state index contributed by atoms with van der Waals surface area (Å²) in [4.78, 5) is 0. The number of rotatable bonds is 2. The maximum Gasteiger partial charge on any atom is 0.167 e. The Labute approximate surface area is 94.6 Å².